The summed E-state index contributed by atoms with van der Waals surface area (Å²) in [5.41, 5.74) is 7.92. The molecule has 2 rings (SSSR count). The van der Waals surface area contributed by atoms with E-state index in [2.05, 4.69) is 28.6 Å². The standard InChI is InChI=1S/C13H20N4O/c1-9(2)12(5-14)13-6-15-8-17(13)7-11-4-10(3)18-16-11/h4,6,8-9,12H,5,7,14H2,1-3H3. The molecular formula is C13H20N4O. The zero-order valence-electron chi connectivity index (χ0n) is 11.1. The van der Waals surface area contributed by atoms with Crippen molar-refractivity contribution in [3.8, 4) is 0 Å². The molecule has 2 heterocycles. The van der Waals surface area contributed by atoms with Gasteiger partial charge in [-0.25, -0.2) is 4.98 Å². The summed E-state index contributed by atoms with van der Waals surface area (Å²) in [6.45, 7) is 7.55. The molecule has 18 heavy (non-hydrogen) atoms. The first-order valence-electron chi connectivity index (χ1n) is 6.24. The molecule has 1 atom stereocenters. The first kappa shape index (κ1) is 12.8. The Morgan fingerprint density at radius 2 is 2.22 bits per heavy atom. The zero-order chi connectivity index (χ0) is 13.1. The third-order valence-corrected chi connectivity index (χ3v) is 3.19. The summed E-state index contributed by atoms with van der Waals surface area (Å²) in [5, 5.41) is 4.01. The molecule has 5 nitrogen and oxygen atoms in total. The normalized spacial score (nSPS) is 13.2. The molecule has 0 aliphatic rings. The van der Waals surface area contributed by atoms with E-state index in [0.29, 0.717) is 24.9 Å². The van der Waals surface area contributed by atoms with Crippen molar-refractivity contribution in [1.82, 2.24) is 14.7 Å². The average molecular weight is 248 g/mol. The van der Waals surface area contributed by atoms with Crippen LogP contribution in [0.5, 0.6) is 0 Å². The summed E-state index contributed by atoms with van der Waals surface area (Å²) >= 11 is 0. The molecule has 0 radical (unpaired) electrons. The number of aryl methyl sites for hydroxylation is 1. The van der Waals surface area contributed by atoms with Gasteiger partial charge in [-0.2, -0.15) is 0 Å². The Morgan fingerprint density at radius 3 is 2.78 bits per heavy atom. The van der Waals surface area contributed by atoms with E-state index < -0.39 is 0 Å². The van der Waals surface area contributed by atoms with Gasteiger partial charge in [0.15, 0.2) is 0 Å². The van der Waals surface area contributed by atoms with E-state index in [-0.39, 0.29) is 0 Å². The number of hydrogen-bond acceptors (Lipinski definition) is 4. The lowest BCUT2D eigenvalue weighted by molar-refractivity contribution is 0.387. The maximum absolute atomic E-state index is 5.86. The molecule has 0 amide bonds. The molecule has 1 unspecified atom stereocenters. The minimum atomic E-state index is 0.320. The quantitative estimate of drug-likeness (QED) is 0.877. The van der Waals surface area contributed by atoms with Crippen molar-refractivity contribution in [3.63, 3.8) is 0 Å². The van der Waals surface area contributed by atoms with Crippen LogP contribution < -0.4 is 5.73 Å². The number of aromatic nitrogens is 3. The molecule has 0 aromatic carbocycles. The van der Waals surface area contributed by atoms with Gasteiger partial charge < -0.3 is 14.8 Å². The van der Waals surface area contributed by atoms with Gasteiger partial charge >= 0.3 is 0 Å². The van der Waals surface area contributed by atoms with Gasteiger partial charge in [0, 0.05) is 30.4 Å². The second-order valence-electron chi connectivity index (χ2n) is 4.96. The highest BCUT2D eigenvalue weighted by molar-refractivity contribution is 5.12. The van der Waals surface area contributed by atoms with Crippen molar-refractivity contribution >= 4 is 0 Å². The van der Waals surface area contributed by atoms with Crippen LogP contribution in [0.2, 0.25) is 0 Å². The van der Waals surface area contributed by atoms with Crippen molar-refractivity contribution in [1.29, 1.82) is 0 Å². The molecule has 0 saturated heterocycles. The molecule has 0 saturated carbocycles. The Hall–Kier alpha value is -1.62. The zero-order valence-corrected chi connectivity index (χ0v) is 11.1. The molecule has 0 bridgehead atoms. The van der Waals surface area contributed by atoms with Crippen molar-refractivity contribution in [2.24, 2.45) is 11.7 Å². The second-order valence-corrected chi connectivity index (χ2v) is 4.96. The molecule has 0 fully saturated rings. The third kappa shape index (κ3) is 2.61. The molecule has 0 aliphatic heterocycles. The largest absolute Gasteiger partial charge is 0.361 e. The van der Waals surface area contributed by atoms with E-state index in [1.807, 2.05) is 25.5 Å². The van der Waals surface area contributed by atoms with E-state index in [1.54, 1.807) is 0 Å². The molecule has 2 aromatic rings. The van der Waals surface area contributed by atoms with Crippen LogP contribution in [0.1, 0.15) is 36.9 Å². The predicted molar refractivity (Wildman–Crippen MR) is 69.2 cm³/mol. The Balaban J connectivity index is 2.22. The predicted octanol–water partition coefficient (Wildman–Crippen LogP) is 1.93. The van der Waals surface area contributed by atoms with Crippen LogP contribution in [0.25, 0.3) is 0 Å². The summed E-state index contributed by atoms with van der Waals surface area (Å²) in [7, 11) is 0. The highest BCUT2D eigenvalue weighted by Crippen LogP contribution is 2.23. The molecule has 0 spiro atoms. The highest BCUT2D eigenvalue weighted by Gasteiger charge is 2.18. The molecule has 2 N–H and O–H groups in total. The van der Waals surface area contributed by atoms with Gasteiger partial charge in [0.05, 0.1) is 12.9 Å². The first-order valence-corrected chi connectivity index (χ1v) is 6.24. The minimum absolute atomic E-state index is 0.320. The maximum atomic E-state index is 5.86. The number of nitrogens with two attached hydrogens (primary N) is 1. The van der Waals surface area contributed by atoms with Crippen LogP contribution in [-0.4, -0.2) is 21.3 Å². The summed E-state index contributed by atoms with van der Waals surface area (Å²) in [6, 6.07) is 1.94. The average Bonchev–Trinajstić information content (AvgIpc) is 2.90. The smallest absolute Gasteiger partial charge is 0.133 e. The Labute approximate surface area is 107 Å². The molecule has 2 aromatic heterocycles. The maximum Gasteiger partial charge on any atom is 0.133 e. The minimum Gasteiger partial charge on any atom is -0.361 e. The Kier molecular flexibility index (Phi) is 3.81. The molecule has 98 valence electrons. The lowest BCUT2D eigenvalue weighted by Gasteiger charge is -2.20. The fraction of sp³-hybridized carbons (Fsp3) is 0.538. The summed E-state index contributed by atoms with van der Waals surface area (Å²) < 4.78 is 7.17. The van der Waals surface area contributed by atoms with E-state index >= 15 is 0 Å². The Morgan fingerprint density at radius 1 is 1.44 bits per heavy atom. The lowest BCUT2D eigenvalue weighted by Crippen LogP contribution is -2.21. The van der Waals surface area contributed by atoms with E-state index in [9.17, 15) is 0 Å². The molecule has 5 heteroatoms. The van der Waals surface area contributed by atoms with Gasteiger partial charge in [0.25, 0.3) is 0 Å². The topological polar surface area (TPSA) is 69.9 Å². The van der Waals surface area contributed by atoms with Crippen LogP contribution in [0, 0.1) is 12.8 Å². The highest BCUT2D eigenvalue weighted by atomic mass is 16.5. The van der Waals surface area contributed by atoms with Gasteiger partial charge in [0.2, 0.25) is 0 Å². The number of imidazole rings is 1. The van der Waals surface area contributed by atoms with Gasteiger partial charge in [-0.05, 0) is 12.8 Å². The fourth-order valence-corrected chi connectivity index (χ4v) is 2.17. The SMILES string of the molecule is Cc1cc(Cn2cncc2C(CN)C(C)C)no1. The van der Waals surface area contributed by atoms with Gasteiger partial charge in [-0.15, -0.1) is 0 Å². The van der Waals surface area contributed by atoms with Crippen LogP contribution in [0.3, 0.4) is 0 Å². The number of hydrogen-bond donors (Lipinski definition) is 1. The molecule has 0 aliphatic carbocycles. The van der Waals surface area contributed by atoms with Crippen molar-refractivity contribution in [2.75, 3.05) is 6.54 Å². The second kappa shape index (κ2) is 5.35. The Bertz CT molecular complexity index is 501. The monoisotopic (exact) mass is 248 g/mol. The van der Waals surface area contributed by atoms with Gasteiger partial charge in [-0.1, -0.05) is 19.0 Å². The number of rotatable bonds is 5. The summed E-state index contributed by atoms with van der Waals surface area (Å²) in [5.74, 6) is 1.64. The fourth-order valence-electron chi connectivity index (χ4n) is 2.17. The van der Waals surface area contributed by atoms with Crippen LogP contribution >= 0.6 is 0 Å². The van der Waals surface area contributed by atoms with Gasteiger partial charge in [0.1, 0.15) is 11.5 Å². The van der Waals surface area contributed by atoms with Crippen LogP contribution in [-0.2, 0) is 6.54 Å². The lowest BCUT2D eigenvalue weighted by atomic mass is 9.93. The van der Waals surface area contributed by atoms with Crippen molar-refractivity contribution < 1.29 is 4.52 Å². The van der Waals surface area contributed by atoms with E-state index in [4.69, 9.17) is 10.3 Å². The third-order valence-electron chi connectivity index (χ3n) is 3.19. The van der Waals surface area contributed by atoms with Crippen LogP contribution in [0.15, 0.2) is 23.1 Å². The summed E-state index contributed by atoms with van der Waals surface area (Å²) in [4.78, 5) is 4.23. The van der Waals surface area contributed by atoms with E-state index in [1.165, 1.54) is 0 Å². The number of nitrogens with zero attached hydrogens (tertiary/aromatic N) is 3. The summed E-state index contributed by atoms with van der Waals surface area (Å²) in [6.07, 6.45) is 3.72. The van der Waals surface area contributed by atoms with Crippen molar-refractivity contribution in [3.05, 3.63) is 35.7 Å². The van der Waals surface area contributed by atoms with E-state index in [0.717, 1.165) is 17.1 Å². The molecular weight excluding hydrogens is 228 g/mol. The van der Waals surface area contributed by atoms with Crippen molar-refractivity contribution in [2.45, 2.75) is 33.2 Å². The first-order chi connectivity index (χ1) is 8.61. The van der Waals surface area contributed by atoms with Gasteiger partial charge in [-0.3, -0.25) is 0 Å². The van der Waals surface area contributed by atoms with Crippen LogP contribution in [0.4, 0.5) is 0 Å².